The van der Waals surface area contributed by atoms with Crippen molar-refractivity contribution in [3.63, 3.8) is 0 Å². The van der Waals surface area contributed by atoms with Gasteiger partial charge in [0.05, 0.1) is 0 Å². The fourth-order valence-corrected chi connectivity index (χ4v) is 1.67. The van der Waals surface area contributed by atoms with E-state index in [-0.39, 0.29) is 18.0 Å². The molecule has 0 unspecified atom stereocenters. The predicted molar refractivity (Wildman–Crippen MR) is 67.3 cm³/mol. The molecule has 0 amide bonds. The highest BCUT2D eigenvalue weighted by atomic mass is 16.5. The molecule has 0 spiro atoms. The standard InChI is InChI=1S/C14H18O4/c1-5-13(17-10(3)15)12-7-6-9(2)14(8-12)18-11(4)16/h6-8,13H,5H2,1-4H3/t13-/m0/s1. The zero-order valence-corrected chi connectivity index (χ0v) is 11.1. The van der Waals surface area contributed by atoms with E-state index in [9.17, 15) is 9.59 Å². The molecular weight excluding hydrogens is 232 g/mol. The molecule has 0 bridgehead atoms. The summed E-state index contributed by atoms with van der Waals surface area (Å²) in [5, 5.41) is 0. The molecule has 0 saturated heterocycles. The minimum atomic E-state index is -0.365. The van der Waals surface area contributed by atoms with Crippen molar-refractivity contribution in [2.75, 3.05) is 0 Å². The second kappa shape index (κ2) is 6.19. The van der Waals surface area contributed by atoms with Crippen LogP contribution in [0, 0.1) is 6.92 Å². The van der Waals surface area contributed by atoms with Gasteiger partial charge in [-0.15, -0.1) is 0 Å². The maximum Gasteiger partial charge on any atom is 0.308 e. The Hall–Kier alpha value is -1.84. The molecule has 0 aliphatic carbocycles. The number of aryl methyl sites for hydroxylation is 1. The molecule has 0 heterocycles. The monoisotopic (exact) mass is 250 g/mol. The summed E-state index contributed by atoms with van der Waals surface area (Å²) >= 11 is 0. The summed E-state index contributed by atoms with van der Waals surface area (Å²) in [6.07, 6.45) is 0.361. The Labute approximate surface area is 107 Å². The predicted octanol–water partition coefficient (Wildman–Crippen LogP) is 2.93. The smallest absolute Gasteiger partial charge is 0.308 e. The third-order valence-electron chi connectivity index (χ3n) is 2.52. The largest absolute Gasteiger partial charge is 0.458 e. The van der Waals surface area contributed by atoms with Gasteiger partial charge in [0.15, 0.2) is 0 Å². The number of ether oxygens (including phenoxy) is 2. The van der Waals surface area contributed by atoms with E-state index < -0.39 is 0 Å². The van der Waals surface area contributed by atoms with Crippen molar-refractivity contribution < 1.29 is 19.1 Å². The molecular formula is C14H18O4. The lowest BCUT2D eigenvalue weighted by atomic mass is 10.0. The molecule has 1 atom stereocenters. The maximum absolute atomic E-state index is 11.0. The van der Waals surface area contributed by atoms with Gasteiger partial charge in [0, 0.05) is 13.8 Å². The summed E-state index contributed by atoms with van der Waals surface area (Å²) in [6, 6.07) is 5.47. The molecule has 1 aromatic carbocycles. The quantitative estimate of drug-likeness (QED) is 0.609. The van der Waals surface area contributed by atoms with E-state index in [2.05, 4.69) is 0 Å². The first-order valence-electron chi connectivity index (χ1n) is 5.90. The van der Waals surface area contributed by atoms with Crippen LogP contribution in [0.1, 0.15) is 44.4 Å². The van der Waals surface area contributed by atoms with Crippen LogP contribution in [-0.2, 0) is 14.3 Å². The maximum atomic E-state index is 11.0. The molecule has 1 aromatic rings. The fraction of sp³-hybridized carbons (Fsp3) is 0.429. The molecule has 4 heteroatoms. The third-order valence-corrected chi connectivity index (χ3v) is 2.52. The van der Waals surface area contributed by atoms with Crippen LogP contribution in [0.15, 0.2) is 18.2 Å². The summed E-state index contributed by atoms with van der Waals surface area (Å²) in [5.74, 6) is -0.183. The summed E-state index contributed by atoms with van der Waals surface area (Å²) in [5.41, 5.74) is 1.70. The Morgan fingerprint density at radius 2 is 1.89 bits per heavy atom. The second-order valence-electron chi connectivity index (χ2n) is 4.12. The highest BCUT2D eigenvalue weighted by Gasteiger charge is 2.14. The van der Waals surface area contributed by atoms with E-state index >= 15 is 0 Å². The zero-order chi connectivity index (χ0) is 13.7. The number of benzene rings is 1. The number of carbonyl (C=O) groups excluding carboxylic acids is 2. The van der Waals surface area contributed by atoms with Gasteiger partial charge in [-0.1, -0.05) is 19.1 Å². The normalized spacial score (nSPS) is 11.8. The van der Waals surface area contributed by atoms with E-state index in [0.29, 0.717) is 12.2 Å². The molecule has 0 saturated carbocycles. The Balaban J connectivity index is 3.01. The Kier molecular flexibility index (Phi) is 4.89. The van der Waals surface area contributed by atoms with Crippen LogP contribution in [0.3, 0.4) is 0 Å². The van der Waals surface area contributed by atoms with Crippen molar-refractivity contribution >= 4 is 11.9 Å². The number of esters is 2. The lowest BCUT2D eigenvalue weighted by Gasteiger charge is -2.17. The summed E-state index contributed by atoms with van der Waals surface area (Å²) in [4.78, 5) is 22.0. The molecule has 0 aliphatic heterocycles. The van der Waals surface area contributed by atoms with Gasteiger partial charge in [-0.3, -0.25) is 9.59 Å². The molecule has 98 valence electrons. The van der Waals surface area contributed by atoms with E-state index in [1.54, 1.807) is 6.07 Å². The van der Waals surface area contributed by atoms with Crippen LogP contribution in [0.25, 0.3) is 0 Å². The number of carbonyl (C=O) groups is 2. The van der Waals surface area contributed by atoms with E-state index in [4.69, 9.17) is 9.47 Å². The van der Waals surface area contributed by atoms with E-state index in [1.165, 1.54) is 13.8 Å². The number of hydrogen-bond acceptors (Lipinski definition) is 4. The molecule has 18 heavy (non-hydrogen) atoms. The van der Waals surface area contributed by atoms with Crippen molar-refractivity contribution in [3.8, 4) is 5.75 Å². The fourth-order valence-electron chi connectivity index (χ4n) is 1.67. The van der Waals surface area contributed by atoms with Crippen LogP contribution in [0.2, 0.25) is 0 Å². The average molecular weight is 250 g/mol. The first-order valence-corrected chi connectivity index (χ1v) is 5.90. The van der Waals surface area contributed by atoms with Gasteiger partial charge in [0.25, 0.3) is 0 Å². The Morgan fingerprint density at radius 1 is 1.22 bits per heavy atom. The molecule has 0 aromatic heterocycles. The summed E-state index contributed by atoms with van der Waals surface area (Å²) in [6.45, 7) is 6.52. The number of rotatable bonds is 4. The second-order valence-corrected chi connectivity index (χ2v) is 4.12. The van der Waals surface area contributed by atoms with Gasteiger partial charge >= 0.3 is 11.9 Å². The molecule has 0 aliphatic rings. The van der Waals surface area contributed by atoms with Crippen LogP contribution in [0.5, 0.6) is 5.75 Å². The van der Waals surface area contributed by atoms with Crippen molar-refractivity contribution in [2.24, 2.45) is 0 Å². The minimum absolute atomic E-state index is 0.308. The molecule has 0 radical (unpaired) electrons. The first kappa shape index (κ1) is 14.2. The van der Waals surface area contributed by atoms with Gasteiger partial charge in [0.2, 0.25) is 0 Å². The van der Waals surface area contributed by atoms with Crippen molar-refractivity contribution in [1.29, 1.82) is 0 Å². The van der Waals surface area contributed by atoms with E-state index in [0.717, 1.165) is 11.1 Å². The molecule has 0 N–H and O–H groups in total. The van der Waals surface area contributed by atoms with Crippen molar-refractivity contribution in [3.05, 3.63) is 29.3 Å². The Bertz CT molecular complexity index is 451. The van der Waals surface area contributed by atoms with Crippen molar-refractivity contribution in [2.45, 2.75) is 40.2 Å². The molecule has 4 nitrogen and oxygen atoms in total. The van der Waals surface area contributed by atoms with Gasteiger partial charge in [-0.25, -0.2) is 0 Å². The average Bonchev–Trinajstić information content (AvgIpc) is 2.28. The lowest BCUT2D eigenvalue weighted by Crippen LogP contribution is -2.09. The third kappa shape index (κ3) is 3.87. The highest BCUT2D eigenvalue weighted by Crippen LogP contribution is 2.27. The minimum Gasteiger partial charge on any atom is -0.458 e. The molecule has 0 fully saturated rings. The Morgan fingerprint density at radius 3 is 2.39 bits per heavy atom. The van der Waals surface area contributed by atoms with Gasteiger partial charge < -0.3 is 9.47 Å². The number of hydrogen-bond donors (Lipinski definition) is 0. The van der Waals surface area contributed by atoms with Gasteiger partial charge in [0.1, 0.15) is 11.9 Å². The summed E-state index contributed by atoms with van der Waals surface area (Å²) < 4.78 is 10.3. The van der Waals surface area contributed by atoms with Gasteiger partial charge in [-0.2, -0.15) is 0 Å². The van der Waals surface area contributed by atoms with Crippen LogP contribution in [0.4, 0.5) is 0 Å². The van der Waals surface area contributed by atoms with Gasteiger partial charge in [-0.05, 0) is 30.5 Å². The molecule has 1 rings (SSSR count). The lowest BCUT2D eigenvalue weighted by molar-refractivity contribution is -0.147. The first-order chi connectivity index (χ1) is 8.43. The summed E-state index contributed by atoms with van der Waals surface area (Å²) in [7, 11) is 0. The topological polar surface area (TPSA) is 52.6 Å². The zero-order valence-electron chi connectivity index (χ0n) is 11.1. The van der Waals surface area contributed by atoms with Crippen LogP contribution in [-0.4, -0.2) is 11.9 Å². The van der Waals surface area contributed by atoms with Crippen LogP contribution >= 0.6 is 0 Å². The highest BCUT2D eigenvalue weighted by molar-refractivity contribution is 5.70. The SMILES string of the molecule is CC[C@H](OC(C)=O)c1ccc(C)c(OC(C)=O)c1. The van der Waals surface area contributed by atoms with Crippen LogP contribution < -0.4 is 4.74 Å². The van der Waals surface area contributed by atoms with Crippen molar-refractivity contribution in [1.82, 2.24) is 0 Å². The van der Waals surface area contributed by atoms with E-state index in [1.807, 2.05) is 26.0 Å².